The summed E-state index contributed by atoms with van der Waals surface area (Å²) < 4.78 is 22.9. The molecule has 0 aliphatic carbocycles. The maximum atomic E-state index is 11.9. The molecule has 0 saturated heterocycles. The number of nitrogens with zero attached hydrogens (tertiary/aromatic N) is 1. The van der Waals surface area contributed by atoms with Gasteiger partial charge >= 0.3 is 5.97 Å². The van der Waals surface area contributed by atoms with E-state index in [2.05, 4.69) is 0 Å². The van der Waals surface area contributed by atoms with Crippen LogP contribution in [0, 0.1) is 0 Å². The molecule has 0 unspecified atom stereocenters. The Kier molecular flexibility index (Phi) is 5.69. The highest BCUT2D eigenvalue weighted by atomic mass is 32.2. The van der Waals surface area contributed by atoms with Gasteiger partial charge in [-0.05, 0) is 5.56 Å². The van der Waals surface area contributed by atoms with Gasteiger partial charge in [0.1, 0.15) is 12.3 Å². The summed E-state index contributed by atoms with van der Waals surface area (Å²) in [5, 5.41) is 8.82. The molecule has 20 heavy (non-hydrogen) atoms. The summed E-state index contributed by atoms with van der Waals surface area (Å²) in [7, 11) is -3.48. The molecule has 1 N–H and O–H groups in total. The molecule has 1 amide bonds. The molecular formula is C13H17NO5S. The lowest BCUT2D eigenvalue weighted by Crippen LogP contribution is -2.39. The van der Waals surface area contributed by atoms with Crippen molar-refractivity contribution >= 4 is 21.7 Å². The monoisotopic (exact) mass is 299 g/mol. The van der Waals surface area contributed by atoms with Gasteiger partial charge < -0.3 is 10.0 Å². The van der Waals surface area contributed by atoms with Gasteiger partial charge in [-0.2, -0.15) is 0 Å². The molecule has 0 aliphatic rings. The zero-order valence-corrected chi connectivity index (χ0v) is 12.0. The molecule has 0 spiro atoms. The quantitative estimate of drug-likeness (QED) is 0.793. The summed E-state index contributed by atoms with van der Waals surface area (Å²) in [6.45, 7) is 1.000. The highest BCUT2D eigenvalue weighted by Gasteiger charge is 2.22. The van der Waals surface area contributed by atoms with Crippen LogP contribution in [0.15, 0.2) is 30.3 Å². The Morgan fingerprint density at radius 3 is 2.30 bits per heavy atom. The fourth-order valence-corrected chi connectivity index (χ4v) is 2.34. The van der Waals surface area contributed by atoms with Gasteiger partial charge in [0.2, 0.25) is 5.91 Å². The second-order valence-corrected chi connectivity index (χ2v) is 6.66. The second-order valence-electron chi connectivity index (χ2n) is 4.31. The number of sulfone groups is 1. The third kappa shape index (κ3) is 5.40. The van der Waals surface area contributed by atoms with Gasteiger partial charge in [0.05, 0.1) is 0 Å². The average molecular weight is 299 g/mol. The largest absolute Gasteiger partial charge is 0.480 e. The lowest BCUT2D eigenvalue weighted by Gasteiger charge is -2.20. The van der Waals surface area contributed by atoms with Gasteiger partial charge in [-0.1, -0.05) is 37.3 Å². The minimum atomic E-state index is -3.48. The average Bonchev–Trinajstić information content (AvgIpc) is 2.38. The first-order valence-corrected chi connectivity index (χ1v) is 7.90. The Hall–Kier alpha value is -1.89. The summed E-state index contributed by atoms with van der Waals surface area (Å²) in [5.74, 6) is -2.68. The number of rotatable bonds is 7. The second kappa shape index (κ2) is 7.04. The van der Waals surface area contributed by atoms with E-state index in [1.54, 1.807) is 30.3 Å². The summed E-state index contributed by atoms with van der Waals surface area (Å²) in [6.07, 6.45) is 0. The topological polar surface area (TPSA) is 91.8 Å². The van der Waals surface area contributed by atoms with Crippen LogP contribution in [0.1, 0.15) is 12.5 Å². The Morgan fingerprint density at radius 1 is 1.20 bits per heavy atom. The third-order valence-corrected chi connectivity index (χ3v) is 4.24. The molecule has 0 heterocycles. The molecule has 0 aromatic heterocycles. The minimum absolute atomic E-state index is 0.0746. The predicted octanol–water partition coefficient (Wildman–Crippen LogP) is 0.535. The van der Waals surface area contributed by atoms with Crippen LogP contribution in [0.25, 0.3) is 0 Å². The maximum Gasteiger partial charge on any atom is 0.323 e. The number of aliphatic carboxylic acids is 1. The van der Waals surface area contributed by atoms with E-state index in [-0.39, 0.29) is 12.3 Å². The normalized spacial score (nSPS) is 11.1. The Bertz CT molecular complexity index is 568. The van der Waals surface area contributed by atoms with Gasteiger partial charge in [0.25, 0.3) is 0 Å². The predicted molar refractivity (Wildman–Crippen MR) is 73.8 cm³/mol. The number of carboxylic acids is 1. The molecule has 1 aromatic carbocycles. The Morgan fingerprint density at radius 2 is 1.80 bits per heavy atom. The van der Waals surface area contributed by atoms with E-state index in [1.807, 2.05) is 0 Å². The smallest absolute Gasteiger partial charge is 0.323 e. The Labute approximate surface area is 117 Å². The van der Waals surface area contributed by atoms with Crippen molar-refractivity contribution in [1.29, 1.82) is 0 Å². The summed E-state index contributed by atoms with van der Waals surface area (Å²) in [5.41, 5.74) is 0.746. The maximum absolute atomic E-state index is 11.9. The van der Waals surface area contributed by atoms with Crippen molar-refractivity contribution in [2.75, 3.05) is 18.1 Å². The highest BCUT2D eigenvalue weighted by Crippen LogP contribution is 2.06. The number of hydrogen-bond donors (Lipinski definition) is 1. The van der Waals surface area contributed by atoms with Crippen molar-refractivity contribution in [2.45, 2.75) is 13.5 Å². The van der Waals surface area contributed by atoms with Crippen LogP contribution in [0.4, 0.5) is 0 Å². The summed E-state index contributed by atoms with van der Waals surface area (Å²) in [4.78, 5) is 23.8. The molecule has 0 atom stereocenters. The van der Waals surface area contributed by atoms with Crippen LogP contribution >= 0.6 is 0 Å². The zero-order valence-electron chi connectivity index (χ0n) is 11.2. The van der Waals surface area contributed by atoms with E-state index in [1.165, 1.54) is 6.92 Å². The van der Waals surface area contributed by atoms with Crippen molar-refractivity contribution in [3.8, 4) is 0 Å². The van der Waals surface area contributed by atoms with Crippen molar-refractivity contribution in [3.63, 3.8) is 0 Å². The number of carboxylic acid groups (broad SMARTS) is 1. The Balaban J connectivity index is 2.84. The van der Waals surface area contributed by atoms with Gasteiger partial charge in [0, 0.05) is 12.3 Å². The van der Waals surface area contributed by atoms with E-state index in [0.717, 1.165) is 10.5 Å². The van der Waals surface area contributed by atoms with E-state index >= 15 is 0 Å². The molecule has 110 valence electrons. The minimum Gasteiger partial charge on any atom is -0.480 e. The zero-order chi connectivity index (χ0) is 15.2. The molecule has 0 bridgehead atoms. The number of carbonyl (C=O) groups excluding carboxylic acids is 1. The fourth-order valence-electron chi connectivity index (χ4n) is 1.58. The lowest BCUT2D eigenvalue weighted by molar-refractivity contribution is -0.143. The molecule has 0 fully saturated rings. The fraction of sp³-hybridized carbons (Fsp3) is 0.385. The number of hydrogen-bond acceptors (Lipinski definition) is 4. The van der Waals surface area contributed by atoms with Crippen molar-refractivity contribution in [2.24, 2.45) is 0 Å². The van der Waals surface area contributed by atoms with Gasteiger partial charge in [-0.15, -0.1) is 0 Å². The number of benzene rings is 1. The molecular weight excluding hydrogens is 282 g/mol. The van der Waals surface area contributed by atoms with Crippen LogP contribution in [-0.4, -0.2) is 48.4 Å². The number of carbonyl (C=O) groups is 2. The van der Waals surface area contributed by atoms with E-state index < -0.39 is 34.0 Å². The SMILES string of the molecule is CCS(=O)(=O)CC(=O)N(CC(=O)O)Cc1ccccc1. The van der Waals surface area contributed by atoms with Crippen LogP contribution in [-0.2, 0) is 26.0 Å². The molecule has 0 saturated carbocycles. The van der Waals surface area contributed by atoms with Crippen LogP contribution in [0.5, 0.6) is 0 Å². The standard InChI is InChI=1S/C13H17NO5S/c1-2-20(18,19)10-12(15)14(9-13(16)17)8-11-6-4-3-5-7-11/h3-7H,2,8-10H2,1H3,(H,16,17). The summed E-state index contributed by atoms with van der Waals surface area (Å²) >= 11 is 0. The van der Waals surface area contributed by atoms with E-state index in [4.69, 9.17) is 5.11 Å². The highest BCUT2D eigenvalue weighted by molar-refractivity contribution is 7.92. The molecule has 1 aromatic rings. The molecule has 6 nitrogen and oxygen atoms in total. The first kappa shape index (κ1) is 16.2. The first-order valence-electron chi connectivity index (χ1n) is 6.08. The molecule has 1 rings (SSSR count). The van der Waals surface area contributed by atoms with Gasteiger partial charge in [0.15, 0.2) is 9.84 Å². The lowest BCUT2D eigenvalue weighted by atomic mass is 10.2. The van der Waals surface area contributed by atoms with E-state index in [9.17, 15) is 18.0 Å². The van der Waals surface area contributed by atoms with Crippen molar-refractivity contribution in [3.05, 3.63) is 35.9 Å². The third-order valence-electron chi connectivity index (χ3n) is 2.68. The molecule has 7 heteroatoms. The van der Waals surface area contributed by atoms with Crippen LogP contribution in [0.3, 0.4) is 0 Å². The molecule has 0 aliphatic heterocycles. The van der Waals surface area contributed by atoms with E-state index in [0.29, 0.717) is 0 Å². The number of amides is 1. The van der Waals surface area contributed by atoms with Crippen LogP contribution in [0.2, 0.25) is 0 Å². The molecule has 0 radical (unpaired) electrons. The van der Waals surface area contributed by atoms with Gasteiger partial charge in [-0.3, -0.25) is 9.59 Å². The first-order chi connectivity index (χ1) is 9.34. The van der Waals surface area contributed by atoms with Crippen molar-refractivity contribution < 1.29 is 23.1 Å². The van der Waals surface area contributed by atoms with Gasteiger partial charge in [-0.25, -0.2) is 8.42 Å². The van der Waals surface area contributed by atoms with Crippen molar-refractivity contribution in [1.82, 2.24) is 4.90 Å². The summed E-state index contributed by atoms with van der Waals surface area (Å²) in [6, 6.07) is 8.82. The van der Waals surface area contributed by atoms with Crippen LogP contribution < -0.4 is 0 Å².